The fraction of sp³-hybridized carbons (Fsp3) is 0.235. The second-order valence-electron chi connectivity index (χ2n) is 5.13. The minimum absolute atomic E-state index is 0. The van der Waals surface area contributed by atoms with Gasteiger partial charge in [0.2, 0.25) is 0 Å². The Hall–Kier alpha value is -2.36. The second-order valence-corrected chi connectivity index (χ2v) is 5.13. The van der Waals surface area contributed by atoms with Crippen molar-refractivity contribution in [2.45, 2.75) is 20.0 Å². The summed E-state index contributed by atoms with van der Waals surface area (Å²) < 4.78 is 7.04. The molecule has 132 valence electrons. The number of guanidine groups is 1. The molecule has 2 heterocycles. The molecule has 25 heavy (non-hydrogen) atoms. The molecule has 0 bridgehead atoms. The van der Waals surface area contributed by atoms with Crippen molar-refractivity contribution in [3.8, 4) is 5.69 Å². The van der Waals surface area contributed by atoms with E-state index in [4.69, 9.17) is 4.42 Å². The van der Waals surface area contributed by atoms with Crippen LogP contribution in [0.25, 0.3) is 5.69 Å². The van der Waals surface area contributed by atoms with Gasteiger partial charge >= 0.3 is 0 Å². The number of aliphatic imine (C=N–C) groups is 1. The average molecular weight is 452 g/mol. The first-order valence-electron chi connectivity index (χ1n) is 7.83. The van der Waals surface area contributed by atoms with E-state index in [0.717, 1.165) is 29.5 Å². The minimum Gasteiger partial charge on any atom is -0.467 e. The molecule has 0 radical (unpaired) electrons. The van der Waals surface area contributed by atoms with E-state index in [0.29, 0.717) is 13.1 Å². The molecule has 0 saturated carbocycles. The number of hydrogen-bond donors (Lipinski definition) is 2. The quantitative estimate of drug-likeness (QED) is 0.342. The summed E-state index contributed by atoms with van der Waals surface area (Å²) in [6, 6.07) is 11.9. The molecule has 0 spiro atoms. The first-order chi connectivity index (χ1) is 11.8. The Bertz CT molecular complexity index is 753. The molecule has 2 N–H and O–H groups in total. The van der Waals surface area contributed by atoms with Crippen LogP contribution in [0.3, 0.4) is 0 Å². The van der Waals surface area contributed by atoms with E-state index in [1.54, 1.807) is 17.3 Å². The van der Waals surface area contributed by atoms with Crippen molar-refractivity contribution < 1.29 is 4.42 Å². The maximum absolute atomic E-state index is 5.31. The minimum atomic E-state index is 0. The summed E-state index contributed by atoms with van der Waals surface area (Å²) in [4.78, 5) is 8.54. The standard InChI is InChI=1S/C17H20N6O.HI/c1-2-19-17(21-11-16-4-3-9-24-16)20-10-14-5-7-15(8-6-14)23-13-18-12-22-23;/h3-9,12-13H,2,10-11H2,1H3,(H2,19,20,21);1H. The van der Waals surface area contributed by atoms with Crippen molar-refractivity contribution in [2.24, 2.45) is 4.99 Å². The van der Waals surface area contributed by atoms with Crippen molar-refractivity contribution in [1.29, 1.82) is 0 Å². The van der Waals surface area contributed by atoms with Crippen LogP contribution in [0, 0.1) is 0 Å². The van der Waals surface area contributed by atoms with Gasteiger partial charge in [0, 0.05) is 6.54 Å². The maximum atomic E-state index is 5.31. The zero-order valence-corrected chi connectivity index (χ0v) is 16.3. The number of rotatable bonds is 6. The van der Waals surface area contributed by atoms with Crippen LogP contribution >= 0.6 is 24.0 Å². The lowest BCUT2D eigenvalue weighted by atomic mass is 10.2. The van der Waals surface area contributed by atoms with E-state index in [-0.39, 0.29) is 24.0 Å². The highest BCUT2D eigenvalue weighted by atomic mass is 127. The molecule has 2 aromatic heterocycles. The number of nitrogens with one attached hydrogen (secondary N) is 2. The first-order valence-corrected chi connectivity index (χ1v) is 7.83. The summed E-state index contributed by atoms with van der Waals surface area (Å²) in [7, 11) is 0. The fourth-order valence-corrected chi connectivity index (χ4v) is 2.19. The Balaban J connectivity index is 0.00000225. The van der Waals surface area contributed by atoms with Crippen LogP contribution in [0.5, 0.6) is 0 Å². The van der Waals surface area contributed by atoms with Crippen LogP contribution in [0.4, 0.5) is 0 Å². The first kappa shape index (κ1) is 19.0. The summed E-state index contributed by atoms with van der Waals surface area (Å²) in [5, 5.41) is 10.6. The van der Waals surface area contributed by atoms with Crippen LogP contribution in [-0.4, -0.2) is 27.3 Å². The Morgan fingerprint density at radius 2 is 2.04 bits per heavy atom. The smallest absolute Gasteiger partial charge is 0.191 e. The van der Waals surface area contributed by atoms with Gasteiger partial charge in [-0.15, -0.1) is 24.0 Å². The van der Waals surface area contributed by atoms with Crippen LogP contribution in [0.15, 0.2) is 64.7 Å². The number of halogens is 1. The Morgan fingerprint density at radius 1 is 1.20 bits per heavy atom. The van der Waals surface area contributed by atoms with E-state index in [9.17, 15) is 0 Å². The molecule has 3 rings (SSSR count). The lowest BCUT2D eigenvalue weighted by Gasteiger charge is -2.10. The average Bonchev–Trinajstić information content (AvgIpc) is 3.31. The van der Waals surface area contributed by atoms with Gasteiger partial charge in [0.25, 0.3) is 0 Å². The third-order valence-electron chi connectivity index (χ3n) is 3.39. The lowest BCUT2D eigenvalue weighted by Crippen LogP contribution is -2.36. The highest BCUT2D eigenvalue weighted by Crippen LogP contribution is 2.09. The molecule has 0 aliphatic carbocycles. The van der Waals surface area contributed by atoms with E-state index < -0.39 is 0 Å². The number of nitrogens with zero attached hydrogens (tertiary/aromatic N) is 4. The molecule has 0 aliphatic heterocycles. The fourth-order valence-electron chi connectivity index (χ4n) is 2.19. The van der Waals surface area contributed by atoms with Gasteiger partial charge in [-0.05, 0) is 36.8 Å². The van der Waals surface area contributed by atoms with Gasteiger partial charge in [-0.3, -0.25) is 0 Å². The van der Waals surface area contributed by atoms with Crippen LogP contribution < -0.4 is 10.6 Å². The molecule has 0 atom stereocenters. The van der Waals surface area contributed by atoms with Gasteiger partial charge in [-0.2, -0.15) is 5.10 Å². The number of benzene rings is 1. The number of aromatic nitrogens is 3. The van der Waals surface area contributed by atoms with Crippen LogP contribution in [-0.2, 0) is 13.1 Å². The van der Waals surface area contributed by atoms with Crippen molar-refractivity contribution in [3.05, 3.63) is 66.6 Å². The molecule has 7 nitrogen and oxygen atoms in total. The Morgan fingerprint density at radius 3 is 2.68 bits per heavy atom. The Kier molecular flexibility index (Phi) is 7.45. The molecular formula is C17H21IN6O. The summed E-state index contributed by atoms with van der Waals surface area (Å²) in [6.07, 6.45) is 4.86. The number of furan rings is 1. The van der Waals surface area contributed by atoms with Crippen LogP contribution in [0.2, 0.25) is 0 Å². The summed E-state index contributed by atoms with van der Waals surface area (Å²) in [6.45, 7) is 4.03. The SMILES string of the molecule is CCNC(=NCc1ccc(-n2cncn2)cc1)NCc1ccco1.I. The monoisotopic (exact) mass is 452 g/mol. The van der Waals surface area contributed by atoms with Gasteiger partial charge in [0.1, 0.15) is 18.4 Å². The van der Waals surface area contributed by atoms with Crippen LogP contribution in [0.1, 0.15) is 18.2 Å². The third kappa shape index (κ3) is 5.59. The predicted molar refractivity (Wildman–Crippen MR) is 107 cm³/mol. The Labute approximate surface area is 163 Å². The van der Waals surface area contributed by atoms with E-state index >= 15 is 0 Å². The normalized spacial score (nSPS) is 11.0. The van der Waals surface area contributed by atoms with Crippen molar-refractivity contribution in [1.82, 2.24) is 25.4 Å². The molecule has 1 aromatic carbocycles. The van der Waals surface area contributed by atoms with E-state index in [1.807, 2.05) is 43.3 Å². The third-order valence-corrected chi connectivity index (χ3v) is 3.39. The topological polar surface area (TPSA) is 80.3 Å². The molecule has 3 aromatic rings. The van der Waals surface area contributed by atoms with Crippen molar-refractivity contribution in [3.63, 3.8) is 0 Å². The van der Waals surface area contributed by atoms with Gasteiger partial charge < -0.3 is 15.1 Å². The van der Waals surface area contributed by atoms with Gasteiger partial charge in [-0.25, -0.2) is 14.7 Å². The molecule has 0 unspecified atom stereocenters. The van der Waals surface area contributed by atoms with Crippen molar-refractivity contribution >= 4 is 29.9 Å². The predicted octanol–water partition coefficient (Wildman–Crippen LogP) is 2.73. The van der Waals surface area contributed by atoms with E-state index in [1.165, 1.54) is 6.33 Å². The highest BCUT2D eigenvalue weighted by Gasteiger charge is 2.01. The van der Waals surface area contributed by atoms with Gasteiger partial charge in [0.15, 0.2) is 5.96 Å². The largest absolute Gasteiger partial charge is 0.467 e. The molecule has 0 saturated heterocycles. The molecular weight excluding hydrogens is 431 g/mol. The molecule has 0 amide bonds. The molecule has 8 heteroatoms. The molecule has 0 fully saturated rings. The second kappa shape index (κ2) is 9.82. The van der Waals surface area contributed by atoms with Gasteiger partial charge in [-0.1, -0.05) is 12.1 Å². The zero-order valence-electron chi connectivity index (χ0n) is 13.9. The maximum Gasteiger partial charge on any atom is 0.191 e. The summed E-state index contributed by atoms with van der Waals surface area (Å²) in [5.74, 6) is 1.63. The van der Waals surface area contributed by atoms with E-state index in [2.05, 4.69) is 25.7 Å². The number of hydrogen-bond acceptors (Lipinski definition) is 4. The van der Waals surface area contributed by atoms with Crippen molar-refractivity contribution in [2.75, 3.05) is 6.54 Å². The van der Waals surface area contributed by atoms with Gasteiger partial charge in [0.05, 0.1) is 25.0 Å². The summed E-state index contributed by atoms with van der Waals surface area (Å²) in [5.41, 5.74) is 2.09. The highest BCUT2D eigenvalue weighted by molar-refractivity contribution is 14.0. The summed E-state index contributed by atoms with van der Waals surface area (Å²) >= 11 is 0. The molecule has 0 aliphatic rings. The zero-order chi connectivity index (χ0) is 16.6. The lowest BCUT2D eigenvalue weighted by molar-refractivity contribution is 0.501.